The van der Waals surface area contributed by atoms with Gasteiger partial charge >= 0.3 is 0 Å². The van der Waals surface area contributed by atoms with E-state index in [9.17, 15) is 8.42 Å². The summed E-state index contributed by atoms with van der Waals surface area (Å²) in [4.78, 5) is 2.77. The topological polar surface area (TPSA) is 87.2 Å². The first kappa shape index (κ1) is 16.5. The number of hydrogen-bond acceptors (Lipinski definition) is 6. The highest BCUT2D eigenvalue weighted by Gasteiger charge is 2.33. The minimum Gasteiger partial charge on any atom is -0.384 e. The van der Waals surface area contributed by atoms with Crippen molar-refractivity contribution >= 4 is 44.9 Å². The van der Waals surface area contributed by atoms with Crippen LogP contribution in [0.2, 0.25) is 0 Å². The highest BCUT2D eigenvalue weighted by molar-refractivity contribution is 8.01. The second-order valence-electron chi connectivity index (χ2n) is 4.82. The van der Waals surface area contributed by atoms with Crippen LogP contribution >= 0.6 is 23.5 Å². The van der Waals surface area contributed by atoms with Crippen molar-refractivity contribution < 1.29 is 8.42 Å². The lowest BCUT2D eigenvalue weighted by Gasteiger charge is -2.37. The maximum Gasteiger partial charge on any atom is 0.169 e. The standard InChI is InChI=1S/C13H19N3O2S3/c1-19-10-5-3-4-9(12(10)13(14)15)16-6-7-20-8-11(16)21(2,17)18/h3-5,11H,6-8H2,1-2H3,(H3,14,15). The lowest BCUT2D eigenvalue weighted by atomic mass is 10.1. The van der Waals surface area contributed by atoms with Gasteiger partial charge in [0.15, 0.2) is 9.84 Å². The summed E-state index contributed by atoms with van der Waals surface area (Å²) in [5.74, 6) is 1.38. The van der Waals surface area contributed by atoms with Crippen molar-refractivity contribution in [3.8, 4) is 0 Å². The normalized spacial score (nSPS) is 19.5. The predicted molar refractivity (Wildman–Crippen MR) is 92.5 cm³/mol. The number of nitrogens with two attached hydrogens (primary N) is 1. The molecular weight excluding hydrogens is 326 g/mol. The van der Waals surface area contributed by atoms with Gasteiger partial charge in [-0.2, -0.15) is 11.8 Å². The lowest BCUT2D eigenvalue weighted by molar-refractivity contribution is 0.584. The van der Waals surface area contributed by atoms with Crippen LogP contribution in [0.15, 0.2) is 23.1 Å². The zero-order valence-corrected chi connectivity index (χ0v) is 14.4. The van der Waals surface area contributed by atoms with E-state index in [1.165, 1.54) is 18.0 Å². The van der Waals surface area contributed by atoms with Gasteiger partial charge in [0.1, 0.15) is 11.2 Å². The molecule has 1 saturated heterocycles. The molecule has 21 heavy (non-hydrogen) atoms. The first-order valence-electron chi connectivity index (χ1n) is 6.41. The summed E-state index contributed by atoms with van der Waals surface area (Å²) in [6.07, 6.45) is 3.19. The van der Waals surface area contributed by atoms with Gasteiger partial charge in [-0.25, -0.2) is 8.42 Å². The van der Waals surface area contributed by atoms with Crippen molar-refractivity contribution in [1.29, 1.82) is 5.41 Å². The zero-order chi connectivity index (χ0) is 15.6. The average molecular weight is 346 g/mol. The van der Waals surface area contributed by atoms with Crippen LogP contribution in [0.5, 0.6) is 0 Å². The Bertz CT molecular complexity index is 646. The molecule has 0 radical (unpaired) electrons. The van der Waals surface area contributed by atoms with Gasteiger partial charge in [-0.05, 0) is 18.4 Å². The average Bonchev–Trinajstić information content (AvgIpc) is 2.45. The molecule has 0 amide bonds. The van der Waals surface area contributed by atoms with E-state index >= 15 is 0 Å². The van der Waals surface area contributed by atoms with E-state index in [4.69, 9.17) is 11.1 Å². The quantitative estimate of drug-likeness (QED) is 0.490. The van der Waals surface area contributed by atoms with Crippen LogP contribution in [0, 0.1) is 5.41 Å². The molecule has 1 atom stereocenters. The number of sulfone groups is 1. The molecule has 5 nitrogen and oxygen atoms in total. The van der Waals surface area contributed by atoms with Gasteiger partial charge < -0.3 is 10.6 Å². The largest absolute Gasteiger partial charge is 0.384 e. The van der Waals surface area contributed by atoms with Crippen molar-refractivity contribution in [1.82, 2.24) is 0 Å². The number of benzene rings is 1. The fourth-order valence-electron chi connectivity index (χ4n) is 2.41. The third kappa shape index (κ3) is 3.49. The monoisotopic (exact) mass is 345 g/mol. The summed E-state index contributed by atoms with van der Waals surface area (Å²) in [5.41, 5.74) is 7.11. The van der Waals surface area contributed by atoms with Gasteiger partial charge in [0, 0.05) is 34.9 Å². The molecule has 1 aromatic rings. The molecule has 2 rings (SSSR count). The molecule has 1 aliphatic rings. The number of thioether (sulfide) groups is 2. The van der Waals surface area contributed by atoms with E-state index in [2.05, 4.69) is 0 Å². The van der Waals surface area contributed by atoms with E-state index in [0.29, 0.717) is 17.9 Å². The van der Waals surface area contributed by atoms with Crippen molar-refractivity contribution in [2.45, 2.75) is 10.3 Å². The van der Waals surface area contributed by atoms with E-state index in [1.807, 2.05) is 29.4 Å². The molecule has 1 aromatic carbocycles. The van der Waals surface area contributed by atoms with Crippen molar-refractivity contribution in [3.63, 3.8) is 0 Å². The van der Waals surface area contributed by atoms with E-state index in [-0.39, 0.29) is 5.84 Å². The summed E-state index contributed by atoms with van der Waals surface area (Å²) >= 11 is 3.15. The third-order valence-electron chi connectivity index (χ3n) is 3.38. The molecule has 1 heterocycles. The molecule has 0 bridgehead atoms. The Balaban J connectivity index is 2.56. The van der Waals surface area contributed by atoms with Crippen LogP contribution in [0.1, 0.15) is 5.56 Å². The smallest absolute Gasteiger partial charge is 0.169 e. The fraction of sp³-hybridized carbons (Fsp3) is 0.462. The minimum atomic E-state index is -3.20. The van der Waals surface area contributed by atoms with Crippen LogP contribution in [-0.2, 0) is 9.84 Å². The lowest BCUT2D eigenvalue weighted by Crippen LogP contribution is -2.47. The van der Waals surface area contributed by atoms with Gasteiger partial charge in [0.25, 0.3) is 0 Å². The summed E-state index contributed by atoms with van der Waals surface area (Å²) in [5, 5.41) is 7.28. The Labute approximate surface area is 134 Å². The van der Waals surface area contributed by atoms with Crippen LogP contribution in [-0.4, -0.2) is 50.2 Å². The van der Waals surface area contributed by atoms with E-state index in [0.717, 1.165) is 16.3 Å². The molecule has 0 spiro atoms. The molecule has 0 aliphatic carbocycles. The van der Waals surface area contributed by atoms with Crippen molar-refractivity contribution in [2.24, 2.45) is 5.73 Å². The molecule has 0 saturated carbocycles. The van der Waals surface area contributed by atoms with Crippen LogP contribution in [0.25, 0.3) is 0 Å². The molecular formula is C13H19N3O2S3. The van der Waals surface area contributed by atoms with Crippen molar-refractivity contribution in [2.75, 3.05) is 35.5 Å². The Kier molecular flexibility index (Phi) is 5.11. The molecule has 8 heteroatoms. The number of nitrogens with zero attached hydrogens (tertiary/aromatic N) is 1. The SMILES string of the molecule is CSc1cccc(N2CCSCC2S(C)(=O)=O)c1C(=N)N. The number of nitrogen functional groups attached to an aromatic ring is 1. The molecule has 3 N–H and O–H groups in total. The molecule has 1 unspecified atom stereocenters. The van der Waals surface area contributed by atoms with Gasteiger partial charge in [-0.15, -0.1) is 11.8 Å². The van der Waals surface area contributed by atoms with Gasteiger partial charge in [0.05, 0.1) is 5.56 Å². The summed E-state index contributed by atoms with van der Waals surface area (Å²) in [6.45, 7) is 0.639. The second-order valence-corrected chi connectivity index (χ2v) is 9.02. The predicted octanol–water partition coefficient (Wildman–Crippen LogP) is 1.62. The first-order valence-corrected chi connectivity index (χ1v) is 10.7. The van der Waals surface area contributed by atoms with E-state index < -0.39 is 15.2 Å². The molecule has 0 aromatic heterocycles. The van der Waals surface area contributed by atoms with E-state index in [1.54, 1.807) is 11.8 Å². The minimum absolute atomic E-state index is 0.0274. The summed E-state index contributed by atoms with van der Waals surface area (Å²) in [6, 6.07) is 5.64. The van der Waals surface area contributed by atoms with Crippen LogP contribution in [0.3, 0.4) is 0 Å². The van der Waals surface area contributed by atoms with Crippen LogP contribution in [0.4, 0.5) is 5.69 Å². The Hall–Kier alpha value is -0.860. The fourth-order valence-corrected chi connectivity index (χ4v) is 5.88. The highest BCUT2D eigenvalue weighted by Crippen LogP contribution is 2.33. The number of anilines is 1. The highest BCUT2D eigenvalue weighted by atomic mass is 32.2. The van der Waals surface area contributed by atoms with Gasteiger partial charge in [-0.1, -0.05) is 6.07 Å². The van der Waals surface area contributed by atoms with Crippen LogP contribution < -0.4 is 10.6 Å². The van der Waals surface area contributed by atoms with Crippen molar-refractivity contribution in [3.05, 3.63) is 23.8 Å². The number of nitrogens with one attached hydrogen (secondary N) is 1. The second kappa shape index (κ2) is 6.50. The molecule has 1 fully saturated rings. The number of amidine groups is 1. The van der Waals surface area contributed by atoms with Gasteiger partial charge in [0.2, 0.25) is 0 Å². The maximum absolute atomic E-state index is 12.1. The number of rotatable bonds is 4. The van der Waals surface area contributed by atoms with Gasteiger partial charge in [-0.3, -0.25) is 5.41 Å². The Morgan fingerprint density at radius 1 is 1.52 bits per heavy atom. The summed E-state index contributed by atoms with van der Waals surface area (Å²) < 4.78 is 24.1. The molecule has 1 aliphatic heterocycles. The Morgan fingerprint density at radius 2 is 2.24 bits per heavy atom. The zero-order valence-electron chi connectivity index (χ0n) is 12.0. The third-order valence-corrected chi connectivity index (χ3v) is 6.81. The molecule has 116 valence electrons. The maximum atomic E-state index is 12.1. The first-order chi connectivity index (χ1) is 9.86. The Morgan fingerprint density at radius 3 is 2.81 bits per heavy atom. The number of hydrogen-bond donors (Lipinski definition) is 2. The summed E-state index contributed by atoms with van der Waals surface area (Å²) in [7, 11) is -3.20.